The van der Waals surface area contributed by atoms with Crippen molar-refractivity contribution in [3.63, 3.8) is 0 Å². The first-order valence-corrected chi connectivity index (χ1v) is 10.9. The van der Waals surface area contributed by atoms with Gasteiger partial charge in [-0.05, 0) is 49.7 Å². The molecule has 1 heterocycles. The Balaban J connectivity index is 2.34. The van der Waals surface area contributed by atoms with Crippen LogP contribution < -0.4 is 26.7 Å². The molecule has 0 radical (unpaired) electrons. The van der Waals surface area contributed by atoms with Crippen molar-refractivity contribution < 1.29 is 19.4 Å². The largest absolute Gasteiger partial charge is 0.356 e. The summed E-state index contributed by atoms with van der Waals surface area (Å²) in [5.41, 5.74) is 2.54. The third kappa shape index (κ3) is 12.7. The zero-order valence-corrected chi connectivity index (χ0v) is 18.7. The lowest BCUT2D eigenvalue weighted by Crippen LogP contribution is -2.47. The number of nitrogens with zero attached hydrogens (tertiary/aromatic N) is 2. The van der Waals surface area contributed by atoms with E-state index in [0.717, 1.165) is 24.4 Å². The van der Waals surface area contributed by atoms with E-state index in [2.05, 4.69) is 40.5 Å². The number of nitrogens with one attached hydrogen (secondary N) is 5. The molecule has 0 unspecified atom stereocenters. The topological polar surface area (TPSA) is 167 Å². The van der Waals surface area contributed by atoms with Gasteiger partial charge in [-0.3, -0.25) is 19.7 Å². The lowest BCUT2D eigenvalue weighted by atomic mass is 10.1. The first-order chi connectivity index (χ1) is 14.7. The van der Waals surface area contributed by atoms with Crippen LogP contribution in [-0.4, -0.2) is 59.8 Å². The van der Waals surface area contributed by atoms with Crippen molar-refractivity contribution in [1.29, 1.82) is 0 Å². The monoisotopic (exact) mass is 443 g/mol. The molecule has 0 bridgehead atoms. The number of carbonyl (C=O) groups excluding carboxylic acids is 3. The SMILES string of the molecule is CC(=O)NCCCCCC(=O)N[C@@H](CCCN[C@@H]1NN1[N+](=O)[O-])C(=O)NCCC(C)C. The van der Waals surface area contributed by atoms with Gasteiger partial charge < -0.3 is 16.0 Å². The van der Waals surface area contributed by atoms with E-state index in [-0.39, 0.29) is 17.7 Å². The van der Waals surface area contributed by atoms with Crippen molar-refractivity contribution in [3.8, 4) is 0 Å². The standard InChI is InChI=1S/C19H37N7O5/c1-14(2)10-13-21-18(29)16(8-7-12-22-19-24-25(19)26(30)31)23-17(28)9-5-4-6-11-20-15(3)27/h14,16,19,22,24H,4-13H2,1-3H3,(H,20,27)(H,21,29)(H,23,28)/t16-,19+,25?/m0/s1. The van der Waals surface area contributed by atoms with E-state index in [1.165, 1.54) is 6.92 Å². The predicted octanol–water partition coefficient (Wildman–Crippen LogP) is -0.00470. The van der Waals surface area contributed by atoms with Crippen molar-refractivity contribution in [3.05, 3.63) is 10.1 Å². The van der Waals surface area contributed by atoms with Crippen LogP contribution >= 0.6 is 0 Å². The van der Waals surface area contributed by atoms with Crippen LogP contribution in [0, 0.1) is 16.0 Å². The Hall–Kier alpha value is -2.47. The van der Waals surface area contributed by atoms with Gasteiger partial charge >= 0.3 is 0 Å². The quantitative estimate of drug-likeness (QED) is 0.0905. The Morgan fingerprint density at radius 1 is 1.03 bits per heavy atom. The van der Waals surface area contributed by atoms with Gasteiger partial charge in [-0.1, -0.05) is 20.3 Å². The summed E-state index contributed by atoms with van der Waals surface area (Å²) in [6.07, 6.45) is 3.96. The molecule has 1 rings (SSSR count). The van der Waals surface area contributed by atoms with Crippen LogP contribution in [0.5, 0.6) is 0 Å². The van der Waals surface area contributed by atoms with E-state index in [0.29, 0.717) is 51.2 Å². The molecule has 0 aromatic heterocycles. The average Bonchev–Trinajstić information content (AvgIpc) is 3.46. The highest BCUT2D eigenvalue weighted by atomic mass is 16.7. The summed E-state index contributed by atoms with van der Waals surface area (Å²) in [5, 5.41) is 22.2. The highest BCUT2D eigenvalue weighted by molar-refractivity contribution is 5.87. The van der Waals surface area contributed by atoms with Gasteiger partial charge in [0.05, 0.1) is 0 Å². The zero-order valence-electron chi connectivity index (χ0n) is 18.7. The third-order valence-electron chi connectivity index (χ3n) is 4.74. The molecule has 1 aliphatic rings. The van der Waals surface area contributed by atoms with E-state index in [1.54, 1.807) is 0 Å². The molecular weight excluding hydrogens is 406 g/mol. The van der Waals surface area contributed by atoms with Gasteiger partial charge in [-0.15, -0.1) is 5.43 Å². The third-order valence-corrected chi connectivity index (χ3v) is 4.74. The second-order valence-corrected chi connectivity index (χ2v) is 8.10. The first-order valence-electron chi connectivity index (χ1n) is 10.9. The fourth-order valence-corrected chi connectivity index (χ4v) is 2.90. The maximum atomic E-state index is 12.5. The molecule has 0 aromatic carbocycles. The summed E-state index contributed by atoms with van der Waals surface area (Å²) in [4.78, 5) is 46.2. The fourth-order valence-electron chi connectivity index (χ4n) is 2.90. The van der Waals surface area contributed by atoms with E-state index >= 15 is 0 Å². The normalized spacial score (nSPS) is 16.0. The molecule has 0 aromatic rings. The van der Waals surface area contributed by atoms with Crippen LogP contribution in [0.4, 0.5) is 0 Å². The summed E-state index contributed by atoms with van der Waals surface area (Å²) < 4.78 is 0. The van der Waals surface area contributed by atoms with Gasteiger partial charge in [-0.25, -0.2) is 10.1 Å². The molecule has 12 heteroatoms. The van der Waals surface area contributed by atoms with Crippen molar-refractivity contribution in [2.45, 2.75) is 78.0 Å². The molecule has 12 nitrogen and oxygen atoms in total. The molecule has 1 saturated heterocycles. The fraction of sp³-hybridized carbons (Fsp3) is 0.842. The average molecular weight is 444 g/mol. The Labute approximate surface area is 183 Å². The van der Waals surface area contributed by atoms with Crippen LogP contribution in [0.1, 0.15) is 65.7 Å². The van der Waals surface area contributed by atoms with Gasteiger partial charge in [0.1, 0.15) is 6.04 Å². The van der Waals surface area contributed by atoms with Gasteiger partial charge in [0.15, 0.2) is 5.03 Å². The molecule has 0 saturated carbocycles. The molecule has 31 heavy (non-hydrogen) atoms. The highest BCUT2D eigenvalue weighted by Gasteiger charge is 2.43. The maximum absolute atomic E-state index is 12.5. The summed E-state index contributed by atoms with van der Waals surface area (Å²) in [7, 11) is 0. The molecule has 2 atom stereocenters. The minimum atomic E-state index is -0.639. The number of hydrogen-bond acceptors (Lipinski definition) is 7. The smallest absolute Gasteiger partial charge is 0.242 e. The number of carbonyl (C=O) groups is 3. The van der Waals surface area contributed by atoms with Crippen molar-refractivity contribution in [2.75, 3.05) is 19.6 Å². The molecule has 0 spiro atoms. The Kier molecular flexibility index (Phi) is 12.4. The van der Waals surface area contributed by atoms with Crippen molar-refractivity contribution in [2.24, 2.45) is 5.92 Å². The summed E-state index contributed by atoms with van der Waals surface area (Å²) in [5.74, 6) is 0.00345. The maximum Gasteiger partial charge on any atom is 0.242 e. The Bertz CT molecular complexity index is 602. The molecule has 3 amide bonds. The number of nitro groups is 1. The van der Waals surface area contributed by atoms with Crippen LogP contribution in [0.3, 0.4) is 0 Å². The first kappa shape index (κ1) is 26.6. The molecule has 1 fully saturated rings. The molecular formula is C19H37N7O5. The number of amides is 3. The van der Waals surface area contributed by atoms with Crippen LogP contribution in [0.15, 0.2) is 0 Å². The molecule has 0 aliphatic carbocycles. The molecule has 1 aliphatic heterocycles. The number of hydrazine groups is 2. The summed E-state index contributed by atoms with van der Waals surface area (Å²) in [6, 6.07) is -0.639. The summed E-state index contributed by atoms with van der Waals surface area (Å²) >= 11 is 0. The van der Waals surface area contributed by atoms with E-state index in [1.807, 2.05) is 0 Å². The van der Waals surface area contributed by atoms with E-state index < -0.39 is 17.4 Å². The lowest BCUT2D eigenvalue weighted by Gasteiger charge is -2.19. The second kappa shape index (κ2) is 14.5. The molecule has 5 N–H and O–H groups in total. The van der Waals surface area contributed by atoms with Gasteiger partial charge in [-0.2, -0.15) is 0 Å². The van der Waals surface area contributed by atoms with Gasteiger partial charge in [0.2, 0.25) is 24.0 Å². The Morgan fingerprint density at radius 2 is 1.77 bits per heavy atom. The zero-order chi connectivity index (χ0) is 23.2. The van der Waals surface area contributed by atoms with Crippen LogP contribution in [0.2, 0.25) is 0 Å². The van der Waals surface area contributed by atoms with Crippen LogP contribution in [-0.2, 0) is 14.4 Å². The Morgan fingerprint density at radius 3 is 2.39 bits per heavy atom. The molecule has 178 valence electrons. The van der Waals surface area contributed by atoms with E-state index in [4.69, 9.17) is 0 Å². The van der Waals surface area contributed by atoms with E-state index in [9.17, 15) is 24.5 Å². The number of hydrogen-bond donors (Lipinski definition) is 5. The van der Waals surface area contributed by atoms with Gasteiger partial charge in [0.25, 0.3) is 0 Å². The number of unbranched alkanes of at least 4 members (excludes halogenated alkanes) is 2. The minimum absolute atomic E-state index is 0.0675. The second-order valence-electron chi connectivity index (χ2n) is 8.10. The van der Waals surface area contributed by atoms with Crippen molar-refractivity contribution >= 4 is 17.7 Å². The van der Waals surface area contributed by atoms with Crippen LogP contribution in [0.25, 0.3) is 0 Å². The van der Waals surface area contributed by atoms with Crippen molar-refractivity contribution in [1.82, 2.24) is 31.8 Å². The summed E-state index contributed by atoms with van der Waals surface area (Å²) in [6.45, 7) is 7.22. The van der Waals surface area contributed by atoms with Gasteiger partial charge in [0, 0.05) is 26.4 Å². The number of rotatable bonds is 17. The highest BCUT2D eigenvalue weighted by Crippen LogP contribution is 2.06. The minimum Gasteiger partial charge on any atom is -0.356 e. The lowest BCUT2D eigenvalue weighted by molar-refractivity contribution is -0.627. The predicted molar refractivity (Wildman–Crippen MR) is 115 cm³/mol.